The summed E-state index contributed by atoms with van der Waals surface area (Å²) in [6.07, 6.45) is 0. The molecular weight excluding hydrogens is 370 g/mol. The topological polar surface area (TPSA) is 73.9 Å². The van der Waals surface area contributed by atoms with Gasteiger partial charge in [-0.25, -0.2) is 9.59 Å². The van der Waals surface area contributed by atoms with Gasteiger partial charge in [0.05, 0.1) is 45.8 Å². The summed E-state index contributed by atoms with van der Waals surface area (Å²) >= 11 is 6.39. The first kappa shape index (κ1) is 14.7. The number of benzene rings is 1. The van der Waals surface area contributed by atoms with Crippen LogP contribution in [0.3, 0.4) is 0 Å². The summed E-state index contributed by atoms with van der Waals surface area (Å²) in [6, 6.07) is 6.59. The smallest absolute Gasteiger partial charge is 0.336 e. The van der Waals surface area contributed by atoms with E-state index in [0.717, 1.165) is 0 Å². The molecule has 0 aromatic heterocycles. The molecule has 0 radical (unpaired) electrons. The molecule has 1 atom stereocenters. The quantitative estimate of drug-likeness (QED) is 0.710. The number of ether oxygens (including phenoxy) is 3. The van der Waals surface area contributed by atoms with E-state index in [4.69, 9.17) is 32.7 Å². The lowest BCUT2D eigenvalue weighted by molar-refractivity contribution is -0.139. The Hall–Kier alpha value is -2.31. The van der Waals surface area contributed by atoms with Crippen molar-refractivity contribution in [2.45, 2.75) is 26.6 Å². The fraction of sp³-hybridized carbons (Fsp3) is 0.400. The Morgan fingerprint density at radius 2 is 2.04 bits per heavy atom. The minimum absolute atomic E-state index is 0.0259. The molecule has 0 spiro atoms. The van der Waals surface area contributed by atoms with Gasteiger partial charge in [-0.1, -0.05) is 29.8 Å². The molecule has 1 aliphatic heterocycles. The van der Waals surface area contributed by atoms with Crippen molar-refractivity contribution in [3.63, 3.8) is 0 Å². The van der Waals surface area contributed by atoms with Gasteiger partial charge in [-0.15, -0.1) is 0 Å². The summed E-state index contributed by atoms with van der Waals surface area (Å²) < 4.78 is 52.5. The molecule has 0 amide bonds. The van der Waals surface area contributed by atoms with Crippen molar-refractivity contribution < 1.29 is 30.7 Å². The maximum atomic E-state index is 13.0. The number of esters is 2. The minimum Gasteiger partial charge on any atom is -0.466 e. The lowest BCUT2D eigenvalue weighted by atomic mass is 9.80. The number of rotatable bonds is 7. The minimum atomic E-state index is -3.06. The molecule has 1 unspecified atom stereocenters. The van der Waals surface area contributed by atoms with E-state index in [0.29, 0.717) is 11.3 Å². The van der Waals surface area contributed by atoms with Crippen molar-refractivity contribution >= 4 is 23.5 Å². The van der Waals surface area contributed by atoms with Crippen LogP contribution >= 0.6 is 11.6 Å². The fourth-order valence-corrected chi connectivity index (χ4v) is 3.21. The van der Waals surface area contributed by atoms with Gasteiger partial charge in [-0.3, -0.25) is 0 Å². The van der Waals surface area contributed by atoms with Crippen molar-refractivity contribution in [2.75, 3.05) is 26.9 Å². The molecule has 2 rings (SSSR count). The van der Waals surface area contributed by atoms with Crippen molar-refractivity contribution in [1.82, 2.24) is 5.32 Å². The van der Waals surface area contributed by atoms with E-state index in [1.54, 1.807) is 38.1 Å². The van der Waals surface area contributed by atoms with E-state index < -0.39 is 37.9 Å². The van der Waals surface area contributed by atoms with Gasteiger partial charge >= 0.3 is 11.9 Å². The second kappa shape index (κ2) is 9.58. The van der Waals surface area contributed by atoms with Crippen molar-refractivity contribution in [3.8, 4) is 0 Å². The molecule has 1 aromatic rings. The highest BCUT2D eigenvalue weighted by molar-refractivity contribution is 6.31. The Morgan fingerprint density at radius 3 is 2.67 bits per heavy atom. The van der Waals surface area contributed by atoms with Crippen LogP contribution in [0.4, 0.5) is 0 Å². The number of nitrogens with one attached hydrogen (secondary N) is 1. The number of carbonyl (C=O) groups excluding carboxylic acids is 2. The Morgan fingerprint density at radius 1 is 1.30 bits per heavy atom. The standard InChI is InChI=1S/C20H24ClNO5/c1-5-26-11-15-18(20(24)27-6-2)17(13-9-7-8-10-14(13)21)16(12(3)22-15)19(23)25-4/h7-10,17,22H,5-6,11H2,1-4H3/i1D3,5D2. The van der Waals surface area contributed by atoms with Crippen LogP contribution in [0.2, 0.25) is 5.02 Å². The molecule has 1 aromatic carbocycles. The largest absolute Gasteiger partial charge is 0.466 e. The normalized spacial score (nSPS) is 20.6. The summed E-state index contributed by atoms with van der Waals surface area (Å²) in [5.41, 5.74) is 0.808. The molecule has 6 nitrogen and oxygen atoms in total. The molecule has 0 saturated carbocycles. The third-order valence-corrected chi connectivity index (χ3v) is 4.39. The molecule has 0 saturated heterocycles. The van der Waals surface area contributed by atoms with Gasteiger partial charge in [0.2, 0.25) is 0 Å². The first-order chi connectivity index (χ1) is 14.9. The van der Waals surface area contributed by atoms with Crippen LogP contribution in [0.15, 0.2) is 46.8 Å². The molecule has 7 heteroatoms. The fourth-order valence-electron chi connectivity index (χ4n) is 2.97. The Kier molecular flexibility index (Phi) is 5.22. The van der Waals surface area contributed by atoms with E-state index in [1.807, 2.05) is 0 Å². The molecule has 1 aliphatic rings. The maximum absolute atomic E-state index is 13.0. The summed E-state index contributed by atoms with van der Waals surface area (Å²) in [5, 5.41) is 3.13. The third-order valence-electron chi connectivity index (χ3n) is 4.05. The van der Waals surface area contributed by atoms with Gasteiger partial charge in [0.25, 0.3) is 0 Å². The van der Waals surface area contributed by atoms with Crippen molar-refractivity contribution in [2.24, 2.45) is 0 Å². The molecule has 1 N–H and O–H groups in total. The summed E-state index contributed by atoms with van der Waals surface area (Å²) in [7, 11) is 1.20. The van der Waals surface area contributed by atoms with Crippen LogP contribution in [0, 0.1) is 0 Å². The zero-order valence-electron chi connectivity index (χ0n) is 20.2. The van der Waals surface area contributed by atoms with Crippen LogP contribution in [-0.2, 0) is 23.8 Å². The van der Waals surface area contributed by atoms with Crippen LogP contribution < -0.4 is 5.32 Å². The third kappa shape index (κ3) is 4.51. The molecule has 146 valence electrons. The highest BCUT2D eigenvalue weighted by Crippen LogP contribution is 2.41. The molecule has 0 aliphatic carbocycles. The van der Waals surface area contributed by atoms with Gasteiger partial charge in [0, 0.05) is 21.4 Å². The van der Waals surface area contributed by atoms with E-state index in [-0.39, 0.29) is 28.5 Å². The lowest BCUT2D eigenvalue weighted by Crippen LogP contribution is -2.34. The molecule has 0 bridgehead atoms. The van der Waals surface area contributed by atoms with Gasteiger partial charge in [0.15, 0.2) is 0 Å². The second-order valence-corrected chi connectivity index (χ2v) is 6.02. The van der Waals surface area contributed by atoms with Gasteiger partial charge in [-0.2, -0.15) is 0 Å². The van der Waals surface area contributed by atoms with Gasteiger partial charge in [-0.05, 0) is 32.3 Å². The Labute approximate surface area is 171 Å². The Balaban J connectivity index is 2.69. The maximum Gasteiger partial charge on any atom is 0.336 e. The number of allylic oxidation sites excluding steroid dienone is 1. The van der Waals surface area contributed by atoms with Crippen molar-refractivity contribution in [3.05, 3.63) is 57.4 Å². The second-order valence-electron chi connectivity index (χ2n) is 5.61. The summed E-state index contributed by atoms with van der Waals surface area (Å²) in [5.74, 6) is -2.53. The first-order valence-electron chi connectivity index (χ1n) is 10.7. The average molecular weight is 399 g/mol. The molecule has 27 heavy (non-hydrogen) atoms. The van der Waals surface area contributed by atoms with E-state index in [9.17, 15) is 9.59 Å². The zero-order valence-corrected chi connectivity index (χ0v) is 16.0. The van der Waals surface area contributed by atoms with Gasteiger partial charge in [0.1, 0.15) is 0 Å². The average Bonchev–Trinajstić information content (AvgIpc) is 2.71. The van der Waals surface area contributed by atoms with Gasteiger partial charge < -0.3 is 19.5 Å². The monoisotopic (exact) mass is 398 g/mol. The lowest BCUT2D eigenvalue weighted by Gasteiger charge is -2.31. The number of halogens is 1. The number of carbonyl (C=O) groups is 2. The number of hydrogen-bond donors (Lipinski definition) is 1. The van der Waals surface area contributed by atoms with E-state index >= 15 is 0 Å². The van der Waals surface area contributed by atoms with Crippen molar-refractivity contribution in [1.29, 1.82) is 0 Å². The van der Waals surface area contributed by atoms with E-state index in [2.05, 4.69) is 5.32 Å². The highest BCUT2D eigenvalue weighted by atomic mass is 35.5. The summed E-state index contributed by atoms with van der Waals surface area (Å²) in [4.78, 5) is 25.6. The van der Waals surface area contributed by atoms with Crippen LogP contribution in [0.25, 0.3) is 0 Å². The SMILES string of the molecule is [2H]C([2H])([2H])C([2H])([2H])OCC1=C(C(=O)OCC)C(c2ccccc2Cl)C(C(=O)OC)=C(C)N1. The van der Waals surface area contributed by atoms with Crippen LogP contribution in [0.5, 0.6) is 0 Å². The molecule has 0 fully saturated rings. The zero-order chi connectivity index (χ0) is 24.3. The number of dihydropyridines is 1. The molecular formula is C20H24ClNO5. The summed E-state index contributed by atoms with van der Waals surface area (Å²) in [6.45, 7) is -3.45. The highest BCUT2D eigenvalue weighted by Gasteiger charge is 2.39. The Bertz CT molecular complexity index is 958. The predicted molar refractivity (Wildman–Crippen MR) is 102 cm³/mol. The van der Waals surface area contributed by atoms with Crippen LogP contribution in [0.1, 0.15) is 39.0 Å². The van der Waals surface area contributed by atoms with E-state index in [1.165, 1.54) is 7.11 Å². The number of hydrogen-bond acceptors (Lipinski definition) is 6. The predicted octanol–water partition coefficient (Wildman–Crippen LogP) is 3.33. The first-order valence-corrected chi connectivity index (χ1v) is 8.58. The van der Waals surface area contributed by atoms with Crippen LogP contribution in [-0.4, -0.2) is 38.8 Å². The molecule has 1 heterocycles. The number of methoxy groups -OCH3 is 1.